The molecule has 2 aliphatic heterocycles. The van der Waals surface area contributed by atoms with E-state index in [9.17, 15) is 13.2 Å². The summed E-state index contributed by atoms with van der Waals surface area (Å²) in [5, 5.41) is 3.68. The van der Waals surface area contributed by atoms with E-state index in [4.69, 9.17) is 4.74 Å². The Morgan fingerprint density at radius 2 is 1.92 bits per heavy atom. The number of aromatic nitrogens is 3. The Hall–Kier alpha value is -2.04. The van der Waals surface area contributed by atoms with Crippen LogP contribution in [0.15, 0.2) is 12.3 Å². The van der Waals surface area contributed by atoms with Crippen molar-refractivity contribution in [2.45, 2.75) is 19.1 Å². The highest BCUT2D eigenvalue weighted by molar-refractivity contribution is 7.89. The molecular weight excluding hydrogens is 358 g/mol. The van der Waals surface area contributed by atoms with Crippen LogP contribution in [0.2, 0.25) is 0 Å². The molecule has 0 aliphatic carbocycles. The van der Waals surface area contributed by atoms with Crippen LogP contribution in [0, 0.1) is 13.8 Å². The molecule has 4 rings (SSSR count). The first-order valence-electron chi connectivity index (χ1n) is 8.56. The van der Waals surface area contributed by atoms with Crippen molar-refractivity contribution in [3.05, 3.63) is 29.2 Å². The lowest BCUT2D eigenvalue weighted by molar-refractivity contribution is 0.0618. The van der Waals surface area contributed by atoms with E-state index in [1.54, 1.807) is 9.42 Å². The SMILES string of the molecule is Cc1cc(C)n2ncc(C(=O)N3CC(S(=O)(=O)N4CCOCC4)C3)c2n1. The molecule has 0 atom stereocenters. The molecule has 9 nitrogen and oxygen atoms in total. The van der Waals surface area contributed by atoms with Crippen LogP contribution in [0.4, 0.5) is 0 Å². The Bertz CT molecular complexity index is 958. The molecule has 0 N–H and O–H groups in total. The Morgan fingerprint density at radius 1 is 1.23 bits per heavy atom. The van der Waals surface area contributed by atoms with Crippen LogP contribution < -0.4 is 0 Å². The third-order valence-corrected chi connectivity index (χ3v) is 7.12. The van der Waals surface area contributed by atoms with Crippen LogP contribution in [0.1, 0.15) is 21.7 Å². The number of hydrogen-bond donors (Lipinski definition) is 0. The summed E-state index contributed by atoms with van der Waals surface area (Å²) in [4.78, 5) is 18.7. The summed E-state index contributed by atoms with van der Waals surface area (Å²) < 4.78 is 33.6. The largest absolute Gasteiger partial charge is 0.379 e. The summed E-state index contributed by atoms with van der Waals surface area (Å²) in [6.07, 6.45) is 1.50. The summed E-state index contributed by atoms with van der Waals surface area (Å²) in [6, 6.07) is 1.89. The number of carbonyl (C=O) groups is 1. The van der Waals surface area contributed by atoms with E-state index in [-0.39, 0.29) is 19.0 Å². The summed E-state index contributed by atoms with van der Waals surface area (Å²) in [5.41, 5.74) is 2.61. The van der Waals surface area contributed by atoms with Gasteiger partial charge in [0.1, 0.15) is 10.8 Å². The molecule has 26 heavy (non-hydrogen) atoms. The number of amides is 1. The van der Waals surface area contributed by atoms with E-state index in [2.05, 4.69) is 10.1 Å². The highest BCUT2D eigenvalue weighted by Crippen LogP contribution is 2.24. The molecule has 4 heterocycles. The second-order valence-corrected chi connectivity index (χ2v) is 8.93. The molecule has 1 amide bonds. The molecule has 2 aromatic rings. The lowest BCUT2D eigenvalue weighted by Gasteiger charge is -2.41. The van der Waals surface area contributed by atoms with Crippen LogP contribution in [-0.4, -0.2) is 82.8 Å². The number of carbonyl (C=O) groups excluding carboxylic acids is 1. The molecule has 2 saturated heterocycles. The Balaban J connectivity index is 1.50. The van der Waals surface area contributed by atoms with Gasteiger partial charge in [0.25, 0.3) is 5.91 Å². The number of nitrogens with zero attached hydrogens (tertiary/aromatic N) is 5. The summed E-state index contributed by atoms with van der Waals surface area (Å²) in [6.45, 7) is 5.75. The van der Waals surface area contributed by atoms with Crippen LogP contribution in [-0.2, 0) is 14.8 Å². The fraction of sp³-hybridized carbons (Fsp3) is 0.562. The van der Waals surface area contributed by atoms with Gasteiger partial charge in [0, 0.05) is 37.6 Å². The van der Waals surface area contributed by atoms with Gasteiger partial charge in [-0.05, 0) is 19.9 Å². The number of rotatable bonds is 3. The quantitative estimate of drug-likeness (QED) is 0.735. The molecular formula is C16H21N5O4S. The molecule has 2 aliphatic rings. The Labute approximate surface area is 151 Å². The minimum atomic E-state index is -3.39. The molecule has 0 aromatic carbocycles. The number of fused-ring (bicyclic) bond motifs is 1. The fourth-order valence-electron chi connectivity index (χ4n) is 3.40. The smallest absolute Gasteiger partial charge is 0.259 e. The van der Waals surface area contributed by atoms with Gasteiger partial charge in [-0.3, -0.25) is 4.79 Å². The molecule has 0 spiro atoms. The zero-order valence-corrected chi connectivity index (χ0v) is 15.6. The minimum Gasteiger partial charge on any atom is -0.379 e. The molecule has 0 unspecified atom stereocenters. The highest BCUT2D eigenvalue weighted by atomic mass is 32.2. The van der Waals surface area contributed by atoms with Gasteiger partial charge in [-0.25, -0.2) is 17.9 Å². The molecule has 2 aromatic heterocycles. The maximum atomic E-state index is 12.8. The van der Waals surface area contributed by atoms with Gasteiger partial charge in [0.2, 0.25) is 10.0 Å². The number of aryl methyl sites for hydroxylation is 2. The van der Waals surface area contributed by atoms with Gasteiger partial charge in [-0.2, -0.15) is 9.40 Å². The molecule has 0 bridgehead atoms. The van der Waals surface area contributed by atoms with Gasteiger partial charge in [-0.1, -0.05) is 0 Å². The van der Waals surface area contributed by atoms with Gasteiger partial charge >= 0.3 is 0 Å². The first-order valence-corrected chi connectivity index (χ1v) is 10.1. The van der Waals surface area contributed by atoms with E-state index in [0.717, 1.165) is 11.4 Å². The normalized spacial score (nSPS) is 19.7. The number of likely N-dealkylation sites (tertiary alicyclic amines) is 1. The number of morpholine rings is 1. The van der Waals surface area contributed by atoms with E-state index < -0.39 is 15.3 Å². The average molecular weight is 379 g/mol. The number of ether oxygens (including phenoxy) is 1. The maximum Gasteiger partial charge on any atom is 0.259 e. The lowest BCUT2D eigenvalue weighted by Crippen LogP contribution is -2.60. The van der Waals surface area contributed by atoms with Crippen molar-refractivity contribution in [3.8, 4) is 0 Å². The van der Waals surface area contributed by atoms with Gasteiger partial charge < -0.3 is 9.64 Å². The first-order chi connectivity index (χ1) is 12.4. The van der Waals surface area contributed by atoms with Crippen molar-refractivity contribution in [3.63, 3.8) is 0 Å². The molecule has 2 fully saturated rings. The zero-order chi connectivity index (χ0) is 18.5. The van der Waals surface area contributed by atoms with Crippen molar-refractivity contribution in [1.29, 1.82) is 0 Å². The Kier molecular flexibility index (Phi) is 4.20. The monoisotopic (exact) mass is 379 g/mol. The van der Waals surface area contributed by atoms with Crippen LogP contribution in [0.25, 0.3) is 5.65 Å². The third kappa shape index (κ3) is 2.78. The van der Waals surface area contributed by atoms with Crippen molar-refractivity contribution in [2.24, 2.45) is 0 Å². The number of hydrogen-bond acceptors (Lipinski definition) is 6. The number of sulfonamides is 1. The molecule has 0 radical (unpaired) electrons. The summed E-state index contributed by atoms with van der Waals surface area (Å²) in [7, 11) is -3.39. The van der Waals surface area contributed by atoms with Crippen molar-refractivity contribution in [2.75, 3.05) is 39.4 Å². The summed E-state index contributed by atoms with van der Waals surface area (Å²) >= 11 is 0. The van der Waals surface area contributed by atoms with Crippen molar-refractivity contribution in [1.82, 2.24) is 23.8 Å². The fourth-order valence-corrected chi connectivity index (χ4v) is 5.21. The average Bonchev–Trinajstić information content (AvgIpc) is 2.98. The minimum absolute atomic E-state index is 0.195. The van der Waals surface area contributed by atoms with E-state index >= 15 is 0 Å². The third-order valence-electron chi connectivity index (χ3n) is 4.89. The summed E-state index contributed by atoms with van der Waals surface area (Å²) in [5.74, 6) is -0.231. The second kappa shape index (κ2) is 6.29. The van der Waals surface area contributed by atoms with Gasteiger partial charge in [0.15, 0.2) is 5.65 Å². The molecule has 140 valence electrons. The van der Waals surface area contributed by atoms with E-state index in [0.29, 0.717) is 37.5 Å². The van der Waals surface area contributed by atoms with Crippen LogP contribution in [0.3, 0.4) is 0 Å². The molecule has 0 saturated carbocycles. The van der Waals surface area contributed by atoms with E-state index in [1.165, 1.54) is 10.5 Å². The van der Waals surface area contributed by atoms with Gasteiger partial charge in [-0.15, -0.1) is 0 Å². The van der Waals surface area contributed by atoms with Crippen molar-refractivity contribution < 1.29 is 17.9 Å². The standard InChI is InChI=1S/C16H21N5O4S/c1-11-7-12(2)21-15(18-11)14(8-17-21)16(22)19-9-13(10-19)26(23,24)20-3-5-25-6-4-20/h7-8,13H,3-6,9-10H2,1-2H3. The predicted molar refractivity (Wildman–Crippen MR) is 93.5 cm³/mol. The molecule has 10 heteroatoms. The zero-order valence-electron chi connectivity index (χ0n) is 14.8. The first kappa shape index (κ1) is 17.4. The maximum absolute atomic E-state index is 12.8. The Morgan fingerprint density at radius 3 is 2.62 bits per heavy atom. The van der Waals surface area contributed by atoms with E-state index in [1.807, 2.05) is 19.9 Å². The van der Waals surface area contributed by atoms with Crippen LogP contribution in [0.5, 0.6) is 0 Å². The second-order valence-electron chi connectivity index (χ2n) is 6.72. The highest BCUT2D eigenvalue weighted by Gasteiger charge is 2.43. The van der Waals surface area contributed by atoms with Gasteiger partial charge in [0.05, 0.1) is 19.4 Å². The van der Waals surface area contributed by atoms with Crippen molar-refractivity contribution >= 4 is 21.6 Å². The van der Waals surface area contributed by atoms with Crippen LogP contribution >= 0.6 is 0 Å². The topological polar surface area (TPSA) is 97.1 Å². The predicted octanol–water partition coefficient (Wildman–Crippen LogP) is -0.167. The lowest BCUT2D eigenvalue weighted by atomic mass is 10.1.